The number of nitrogens with one attached hydrogen (secondary N) is 1. The average molecular weight is 398 g/mol. The largest absolute Gasteiger partial charge is 0.496 e. The summed E-state index contributed by atoms with van der Waals surface area (Å²) in [5.41, 5.74) is 2.20. The van der Waals surface area contributed by atoms with E-state index in [0.29, 0.717) is 30.1 Å². The molecule has 0 radical (unpaired) electrons. The number of hydrogen-bond acceptors (Lipinski definition) is 5. The van der Waals surface area contributed by atoms with Crippen molar-refractivity contribution in [3.05, 3.63) is 59.2 Å². The molecule has 2 aromatic rings. The molecule has 0 saturated carbocycles. The van der Waals surface area contributed by atoms with E-state index in [1.807, 2.05) is 26.8 Å². The van der Waals surface area contributed by atoms with Crippen LogP contribution in [0.25, 0.3) is 0 Å². The third-order valence-corrected chi connectivity index (χ3v) is 4.38. The second kappa shape index (κ2) is 10.3. The highest BCUT2D eigenvalue weighted by atomic mass is 16.5. The van der Waals surface area contributed by atoms with Crippen molar-refractivity contribution in [1.29, 1.82) is 0 Å². The molecule has 0 bridgehead atoms. The summed E-state index contributed by atoms with van der Waals surface area (Å²) in [5, 5.41) is 2.64. The van der Waals surface area contributed by atoms with Gasteiger partial charge in [0.15, 0.2) is 6.61 Å². The highest BCUT2D eigenvalue weighted by molar-refractivity contribution is 5.98. The molecule has 0 fully saturated rings. The molecule has 0 saturated heterocycles. The van der Waals surface area contributed by atoms with Crippen LogP contribution >= 0.6 is 0 Å². The van der Waals surface area contributed by atoms with Crippen molar-refractivity contribution in [2.24, 2.45) is 0 Å². The molecule has 2 aromatic carbocycles. The number of hydrogen-bond donors (Lipinski definition) is 1. The Morgan fingerprint density at radius 2 is 1.66 bits per heavy atom. The summed E-state index contributed by atoms with van der Waals surface area (Å²) in [5.74, 6) is -0.794. The molecule has 0 aliphatic rings. The number of carbonyl (C=O) groups is 3. The molecule has 2 amide bonds. The molecule has 154 valence electrons. The zero-order valence-electron chi connectivity index (χ0n) is 17.2. The number of ether oxygens (including phenoxy) is 2. The first-order valence-corrected chi connectivity index (χ1v) is 9.40. The first kappa shape index (κ1) is 21.9. The van der Waals surface area contributed by atoms with E-state index in [1.54, 1.807) is 41.3 Å². The van der Waals surface area contributed by atoms with Crippen molar-refractivity contribution >= 4 is 23.5 Å². The molecular weight excluding hydrogens is 372 g/mol. The number of benzene rings is 2. The van der Waals surface area contributed by atoms with Crippen molar-refractivity contribution < 1.29 is 23.9 Å². The summed E-state index contributed by atoms with van der Waals surface area (Å²) in [6.45, 7) is 6.51. The maximum atomic E-state index is 12.3. The van der Waals surface area contributed by atoms with Gasteiger partial charge < -0.3 is 19.7 Å². The number of esters is 1. The lowest BCUT2D eigenvalue weighted by Gasteiger charge is -2.18. The van der Waals surface area contributed by atoms with E-state index >= 15 is 0 Å². The number of rotatable bonds is 8. The highest BCUT2D eigenvalue weighted by Gasteiger charge is 2.16. The van der Waals surface area contributed by atoms with Crippen molar-refractivity contribution in [3.63, 3.8) is 0 Å². The molecule has 0 spiro atoms. The summed E-state index contributed by atoms with van der Waals surface area (Å²) >= 11 is 0. The lowest BCUT2D eigenvalue weighted by atomic mass is 10.1. The quantitative estimate of drug-likeness (QED) is 0.690. The van der Waals surface area contributed by atoms with E-state index < -0.39 is 18.5 Å². The van der Waals surface area contributed by atoms with Crippen molar-refractivity contribution in [3.8, 4) is 5.75 Å². The van der Waals surface area contributed by atoms with Crippen LogP contribution in [0.15, 0.2) is 42.5 Å². The van der Waals surface area contributed by atoms with Gasteiger partial charge in [0.05, 0.1) is 7.11 Å². The van der Waals surface area contributed by atoms with Gasteiger partial charge in [0.1, 0.15) is 11.3 Å². The average Bonchev–Trinajstić information content (AvgIpc) is 2.73. The number of aryl methyl sites for hydroxylation is 1. The van der Waals surface area contributed by atoms with Gasteiger partial charge in [-0.05, 0) is 57.2 Å². The van der Waals surface area contributed by atoms with Crippen LogP contribution in [0.2, 0.25) is 0 Å². The van der Waals surface area contributed by atoms with Crippen LogP contribution in [-0.2, 0) is 9.53 Å². The van der Waals surface area contributed by atoms with Gasteiger partial charge in [0, 0.05) is 24.3 Å². The summed E-state index contributed by atoms with van der Waals surface area (Å²) < 4.78 is 10.2. The number of methoxy groups -OCH3 is 1. The van der Waals surface area contributed by atoms with E-state index in [2.05, 4.69) is 5.32 Å². The van der Waals surface area contributed by atoms with Gasteiger partial charge in [0.2, 0.25) is 0 Å². The van der Waals surface area contributed by atoms with Crippen LogP contribution in [0.3, 0.4) is 0 Å². The lowest BCUT2D eigenvalue weighted by Crippen LogP contribution is -2.30. The molecule has 0 aliphatic heterocycles. The van der Waals surface area contributed by atoms with Crippen LogP contribution in [0.4, 0.5) is 5.69 Å². The molecule has 0 unspecified atom stereocenters. The number of amides is 2. The molecule has 0 aliphatic carbocycles. The van der Waals surface area contributed by atoms with Crippen molar-refractivity contribution in [1.82, 2.24) is 4.90 Å². The van der Waals surface area contributed by atoms with Crippen LogP contribution in [0.5, 0.6) is 5.75 Å². The van der Waals surface area contributed by atoms with Crippen LogP contribution in [0.1, 0.15) is 40.1 Å². The molecule has 1 N–H and O–H groups in total. The summed E-state index contributed by atoms with van der Waals surface area (Å²) in [6.07, 6.45) is 0. The Bertz CT molecular complexity index is 873. The monoisotopic (exact) mass is 398 g/mol. The standard InChI is InChI=1S/C22H26N2O5/c1-5-24(6-2)21(26)16-8-10-17(11-9-16)23-20(25)14-29-22(27)18-13-15(3)7-12-19(18)28-4/h7-13H,5-6,14H2,1-4H3,(H,23,25). The third kappa shape index (κ3) is 5.81. The minimum Gasteiger partial charge on any atom is -0.496 e. The molecule has 29 heavy (non-hydrogen) atoms. The minimum absolute atomic E-state index is 0.0612. The van der Waals surface area contributed by atoms with E-state index in [4.69, 9.17) is 9.47 Å². The van der Waals surface area contributed by atoms with E-state index in [0.717, 1.165) is 5.56 Å². The van der Waals surface area contributed by atoms with Crippen LogP contribution in [-0.4, -0.2) is 49.5 Å². The molecule has 0 heterocycles. The lowest BCUT2D eigenvalue weighted by molar-refractivity contribution is -0.119. The van der Waals surface area contributed by atoms with Gasteiger partial charge in [-0.25, -0.2) is 4.79 Å². The fourth-order valence-corrected chi connectivity index (χ4v) is 2.78. The fraction of sp³-hybridized carbons (Fsp3) is 0.318. The van der Waals surface area contributed by atoms with E-state index in [9.17, 15) is 14.4 Å². The molecule has 0 aromatic heterocycles. The minimum atomic E-state index is -0.638. The van der Waals surface area contributed by atoms with Gasteiger partial charge in [-0.2, -0.15) is 0 Å². The predicted octanol–water partition coefficient (Wildman–Crippen LogP) is 3.28. The first-order chi connectivity index (χ1) is 13.9. The van der Waals surface area contributed by atoms with E-state index in [-0.39, 0.29) is 11.5 Å². The Balaban J connectivity index is 1.93. The Morgan fingerprint density at radius 1 is 1.00 bits per heavy atom. The maximum Gasteiger partial charge on any atom is 0.342 e. The molecule has 0 atom stereocenters. The van der Waals surface area contributed by atoms with Crippen LogP contribution < -0.4 is 10.1 Å². The van der Waals surface area contributed by atoms with Crippen molar-refractivity contribution in [2.45, 2.75) is 20.8 Å². The number of carbonyl (C=O) groups excluding carboxylic acids is 3. The van der Waals surface area contributed by atoms with Crippen LogP contribution in [0, 0.1) is 6.92 Å². The zero-order chi connectivity index (χ0) is 21.4. The first-order valence-electron chi connectivity index (χ1n) is 9.40. The Morgan fingerprint density at radius 3 is 2.24 bits per heavy atom. The van der Waals surface area contributed by atoms with Gasteiger partial charge >= 0.3 is 5.97 Å². The Kier molecular flexibility index (Phi) is 7.77. The highest BCUT2D eigenvalue weighted by Crippen LogP contribution is 2.20. The van der Waals surface area contributed by atoms with Gasteiger partial charge in [0.25, 0.3) is 11.8 Å². The molecule has 7 nitrogen and oxygen atoms in total. The van der Waals surface area contributed by atoms with Gasteiger partial charge in [-0.15, -0.1) is 0 Å². The van der Waals surface area contributed by atoms with Crippen molar-refractivity contribution in [2.75, 3.05) is 32.1 Å². The maximum absolute atomic E-state index is 12.3. The molecule has 7 heteroatoms. The fourth-order valence-electron chi connectivity index (χ4n) is 2.78. The summed E-state index contributed by atoms with van der Waals surface area (Å²) in [4.78, 5) is 38.4. The topological polar surface area (TPSA) is 84.9 Å². The third-order valence-electron chi connectivity index (χ3n) is 4.38. The smallest absolute Gasteiger partial charge is 0.342 e. The molecule has 2 rings (SSSR count). The second-order valence-electron chi connectivity index (χ2n) is 6.38. The molecular formula is C22H26N2O5. The predicted molar refractivity (Wildman–Crippen MR) is 110 cm³/mol. The SMILES string of the molecule is CCN(CC)C(=O)c1ccc(NC(=O)COC(=O)c2cc(C)ccc2OC)cc1. The van der Waals surface area contributed by atoms with Gasteiger partial charge in [-0.1, -0.05) is 11.6 Å². The van der Waals surface area contributed by atoms with Gasteiger partial charge in [-0.3, -0.25) is 9.59 Å². The normalized spacial score (nSPS) is 10.2. The summed E-state index contributed by atoms with van der Waals surface area (Å²) in [6, 6.07) is 11.7. The number of nitrogens with zero attached hydrogens (tertiary/aromatic N) is 1. The zero-order valence-corrected chi connectivity index (χ0v) is 17.2. The Labute approximate surface area is 170 Å². The van der Waals surface area contributed by atoms with E-state index in [1.165, 1.54) is 7.11 Å². The second-order valence-corrected chi connectivity index (χ2v) is 6.38. The summed E-state index contributed by atoms with van der Waals surface area (Å²) in [7, 11) is 1.46. The number of anilines is 1. The Hall–Kier alpha value is -3.35.